The van der Waals surface area contributed by atoms with Crippen LogP contribution in [0.4, 0.5) is 13.2 Å². The van der Waals surface area contributed by atoms with Gasteiger partial charge in [0.1, 0.15) is 6.10 Å². The Hall–Kier alpha value is -2.44. The summed E-state index contributed by atoms with van der Waals surface area (Å²) in [5.41, 5.74) is -0.792. The lowest BCUT2D eigenvalue weighted by Gasteiger charge is -2.18. The Labute approximate surface area is 118 Å². The molecule has 0 aliphatic rings. The largest absolute Gasteiger partial charge is 0.454 e. The standard InChI is InChI=1S/C14H11F3N2O2/c1-9(21-13(20)10-6-7-18-19-8-10)11-4-2-3-5-12(11)14(15,16)17/h2-9H,1H3. The number of carbonyl (C=O) groups excluding carboxylic acids is 1. The van der Waals surface area contributed by atoms with Crippen LogP contribution in [-0.4, -0.2) is 16.2 Å². The fourth-order valence-electron chi connectivity index (χ4n) is 1.81. The second-order valence-electron chi connectivity index (χ2n) is 4.26. The van der Waals surface area contributed by atoms with Crippen LogP contribution in [0.3, 0.4) is 0 Å². The molecule has 0 fully saturated rings. The molecule has 0 spiro atoms. The highest BCUT2D eigenvalue weighted by Gasteiger charge is 2.34. The van der Waals surface area contributed by atoms with Gasteiger partial charge in [0.25, 0.3) is 0 Å². The second kappa shape index (κ2) is 5.90. The topological polar surface area (TPSA) is 52.1 Å². The second-order valence-corrected chi connectivity index (χ2v) is 4.26. The lowest BCUT2D eigenvalue weighted by Crippen LogP contribution is -2.15. The molecular weight excluding hydrogens is 285 g/mol. The SMILES string of the molecule is CC(OC(=O)c1ccnnc1)c1ccccc1C(F)(F)F. The van der Waals surface area contributed by atoms with Crippen molar-refractivity contribution in [2.24, 2.45) is 0 Å². The summed E-state index contributed by atoms with van der Waals surface area (Å²) in [6, 6.07) is 6.35. The molecule has 7 heteroatoms. The van der Waals surface area contributed by atoms with Gasteiger partial charge in [-0.25, -0.2) is 4.79 Å². The molecule has 4 nitrogen and oxygen atoms in total. The van der Waals surface area contributed by atoms with E-state index >= 15 is 0 Å². The number of ether oxygens (including phenoxy) is 1. The molecule has 0 bridgehead atoms. The van der Waals surface area contributed by atoms with E-state index in [4.69, 9.17) is 4.74 Å². The summed E-state index contributed by atoms with van der Waals surface area (Å²) in [5, 5.41) is 7.02. The van der Waals surface area contributed by atoms with Crippen LogP contribution in [0.1, 0.15) is 34.5 Å². The molecule has 2 aromatic rings. The molecule has 1 heterocycles. The van der Waals surface area contributed by atoms with Gasteiger partial charge in [-0.05, 0) is 19.1 Å². The van der Waals surface area contributed by atoms with Gasteiger partial charge in [0, 0.05) is 5.56 Å². The maximum absolute atomic E-state index is 12.9. The fraction of sp³-hybridized carbons (Fsp3) is 0.214. The Morgan fingerprint density at radius 2 is 1.90 bits per heavy atom. The van der Waals surface area contributed by atoms with Crippen molar-refractivity contribution in [3.63, 3.8) is 0 Å². The van der Waals surface area contributed by atoms with Gasteiger partial charge in [0.15, 0.2) is 0 Å². The molecule has 1 unspecified atom stereocenters. The lowest BCUT2D eigenvalue weighted by molar-refractivity contribution is -0.139. The molecule has 21 heavy (non-hydrogen) atoms. The summed E-state index contributed by atoms with van der Waals surface area (Å²) in [6.07, 6.45) is -3.06. The van der Waals surface area contributed by atoms with Gasteiger partial charge in [0.05, 0.1) is 23.5 Å². The van der Waals surface area contributed by atoms with Gasteiger partial charge < -0.3 is 4.74 Å². The first-order valence-corrected chi connectivity index (χ1v) is 6.03. The number of benzene rings is 1. The highest BCUT2D eigenvalue weighted by molar-refractivity contribution is 5.89. The summed E-state index contributed by atoms with van der Waals surface area (Å²) in [6.45, 7) is 1.39. The Balaban J connectivity index is 2.22. The molecule has 0 aliphatic heterocycles. The number of carbonyl (C=O) groups is 1. The summed E-state index contributed by atoms with van der Waals surface area (Å²) < 4.78 is 43.8. The van der Waals surface area contributed by atoms with Crippen molar-refractivity contribution >= 4 is 5.97 Å². The monoisotopic (exact) mass is 296 g/mol. The third kappa shape index (κ3) is 3.56. The van der Waals surface area contributed by atoms with Gasteiger partial charge in [0.2, 0.25) is 0 Å². The number of rotatable bonds is 3. The first-order valence-electron chi connectivity index (χ1n) is 6.03. The van der Waals surface area contributed by atoms with Crippen LogP contribution in [0.25, 0.3) is 0 Å². The van der Waals surface area contributed by atoms with Gasteiger partial charge in [-0.2, -0.15) is 23.4 Å². The summed E-state index contributed by atoms with van der Waals surface area (Å²) in [5.74, 6) is -0.755. The molecule has 1 aromatic heterocycles. The zero-order chi connectivity index (χ0) is 15.5. The van der Waals surface area contributed by atoms with Crippen molar-refractivity contribution < 1.29 is 22.7 Å². The van der Waals surface area contributed by atoms with Crippen molar-refractivity contribution in [1.82, 2.24) is 10.2 Å². The van der Waals surface area contributed by atoms with Crippen LogP contribution in [0.2, 0.25) is 0 Å². The van der Waals surface area contributed by atoms with Crippen LogP contribution >= 0.6 is 0 Å². The van der Waals surface area contributed by atoms with E-state index in [1.54, 1.807) is 0 Å². The molecule has 0 aliphatic carbocycles. The zero-order valence-electron chi connectivity index (χ0n) is 11.0. The highest BCUT2D eigenvalue weighted by atomic mass is 19.4. The van der Waals surface area contributed by atoms with E-state index in [1.165, 1.54) is 43.6 Å². The molecule has 0 saturated carbocycles. The quantitative estimate of drug-likeness (QED) is 0.814. The Kier molecular flexibility index (Phi) is 4.21. The molecule has 0 radical (unpaired) electrons. The van der Waals surface area contributed by atoms with Crippen LogP contribution in [0.5, 0.6) is 0 Å². The van der Waals surface area contributed by atoms with E-state index < -0.39 is 23.8 Å². The van der Waals surface area contributed by atoms with Crippen molar-refractivity contribution in [1.29, 1.82) is 0 Å². The van der Waals surface area contributed by atoms with Crippen molar-refractivity contribution in [3.8, 4) is 0 Å². The van der Waals surface area contributed by atoms with E-state index in [-0.39, 0.29) is 11.1 Å². The lowest BCUT2D eigenvalue weighted by atomic mass is 10.0. The minimum absolute atomic E-state index is 0.0969. The molecule has 1 atom stereocenters. The van der Waals surface area contributed by atoms with E-state index in [2.05, 4.69) is 10.2 Å². The van der Waals surface area contributed by atoms with Crippen LogP contribution in [0, 0.1) is 0 Å². The van der Waals surface area contributed by atoms with E-state index in [0.29, 0.717) is 0 Å². The van der Waals surface area contributed by atoms with Gasteiger partial charge in [-0.3, -0.25) is 0 Å². The average molecular weight is 296 g/mol. The Morgan fingerprint density at radius 1 is 1.19 bits per heavy atom. The van der Waals surface area contributed by atoms with E-state index in [9.17, 15) is 18.0 Å². The maximum atomic E-state index is 12.9. The normalized spacial score (nSPS) is 12.8. The highest BCUT2D eigenvalue weighted by Crippen LogP contribution is 2.35. The maximum Gasteiger partial charge on any atom is 0.416 e. The number of hydrogen-bond acceptors (Lipinski definition) is 4. The van der Waals surface area contributed by atoms with E-state index in [0.717, 1.165) is 6.07 Å². The number of esters is 1. The fourth-order valence-corrected chi connectivity index (χ4v) is 1.81. The third-order valence-corrected chi connectivity index (χ3v) is 2.81. The van der Waals surface area contributed by atoms with Crippen LogP contribution in [0.15, 0.2) is 42.7 Å². The molecule has 0 N–H and O–H groups in total. The molecule has 0 amide bonds. The van der Waals surface area contributed by atoms with Gasteiger partial charge in [-0.1, -0.05) is 18.2 Å². The van der Waals surface area contributed by atoms with Crippen LogP contribution < -0.4 is 0 Å². The molecule has 110 valence electrons. The molecule has 0 saturated heterocycles. The molecule has 2 rings (SSSR count). The number of alkyl halides is 3. The van der Waals surface area contributed by atoms with Crippen molar-refractivity contribution in [2.75, 3.05) is 0 Å². The van der Waals surface area contributed by atoms with Crippen LogP contribution in [-0.2, 0) is 10.9 Å². The number of hydrogen-bond donors (Lipinski definition) is 0. The predicted molar refractivity (Wildman–Crippen MR) is 67.3 cm³/mol. The minimum Gasteiger partial charge on any atom is -0.454 e. The van der Waals surface area contributed by atoms with Crippen molar-refractivity contribution in [3.05, 3.63) is 59.4 Å². The van der Waals surface area contributed by atoms with Gasteiger partial charge in [-0.15, -0.1) is 0 Å². The Morgan fingerprint density at radius 3 is 2.52 bits per heavy atom. The predicted octanol–water partition coefficient (Wildman–Crippen LogP) is 3.41. The average Bonchev–Trinajstić information content (AvgIpc) is 2.47. The third-order valence-electron chi connectivity index (χ3n) is 2.81. The number of nitrogens with zero attached hydrogens (tertiary/aromatic N) is 2. The summed E-state index contributed by atoms with van der Waals surface area (Å²) in [4.78, 5) is 11.8. The molecular formula is C14H11F3N2O2. The first-order chi connectivity index (χ1) is 9.89. The van der Waals surface area contributed by atoms with Crippen molar-refractivity contribution in [2.45, 2.75) is 19.2 Å². The summed E-state index contributed by atoms with van der Waals surface area (Å²) >= 11 is 0. The zero-order valence-corrected chi connectivity index (χ0v) is 11.0. The van der Waals surface area contributed by atoms with Gasteiger partial charge >= 0.3 is 12.1 Å². The van der Waals surface area contributed by atoms with E-state index in [1.807, 2.05) is 0 Å². The smallest absolute Gasteiger partial charge is 0.416 e. The minimum atomic E-state index is -4.50. The Bertz CT molecular complexity index is 630. The number of halogens is 3. The first kappa shape index (κ1) is 15.0. The molecule has 1 aromatic carbocycles. The summed E-state index contributed by atoms with van der Waals surface area (Å²) in [7, 11) is 0. The number of aromatic nitrogens is 2.